The monoisotopic (exact) mass is 329 g/mol. The van der Waals surface area contributed by atoms with Gasteiger partial charge in [-0.15, -0.1) is 0 Å². The van der Waals surface area contributed by atoms with Crippen LogP contribution in [0.5, 0.6) is 0 Å². The fourth-order valence-corrected chi connectivity index (χ4v) is 3.20. The van der Waals surface area contributed by atoms with Gasteiger partial charge in [0.15, 0.2) is 0 Å². The van der Waals surface area contributed by atoms with Gasteiger partial charge in [-0.3, -0.25) is 4.79 Å². The van der Waals surface area contributed by atoms with E-state index in [9.17, 15) is 4.79 Å². The van der Waals surface area contributed by atoms with Gasteiger partial charge in [0.1, 0.15) is 5.03 Å². The first kappa shape index (κ1) is 15.2. The van der Waals surface area contributed by atoms with E-state index < -0.39 is 0 Å². The molecule has 3 N–H and O–H groups in total. The highest BCUT2D eigenvalue weighted by Gasteiger charge is 2.13. The van der Waals surface area contributed by atoms with Crippen LogP contribution in [0.1, 0.15) is 25.3 Å². The zero-order chi connectivity index (χ0) is 14.9. The summed E-state index contributed by atoms with van der Waals surface area (Å²) < 4.78 is 0. The normalized spacial score (nSPS) is 11.1. The third-order valence-corrected chi connectivity index (χ3v) is 4.54. The predicted octanol–water partition coefficient (Wildman–Crippen LogP) is 3.93. The van der Waals surface area contributed by atoms with Gasteiger partial charge in [0.05, 0.1) is 14.9 Å². The fraction of sp³-hybridized carbons (Fsp3) is 0.231. The SMILES string of the molecule is CC(C)c1cc(Sc2c(Cl)cc(N)cc2Cl)n[nH]c1=O. The molecular weight excluding hydrogens is 317 g/mol. The molecule has 0 aliphatic heterocycles. The summed E-state index contributed by atoms with van der Waals surface area (Å²) in [5.74, 6) is 0.110. The first-order valence-electron chi connectivity index (χ1n) is 5.90. The fourth-order valence-electron chi connectivity index (χ4n) is 1.66. The summed E-state index contributed by atoms with van der Waals surface area (Å²) >= 11 is 13.6. The van der Waals surface area contributed by atoms with Crippen molar-refractivity contribution in [2.75, 3.05) is 5.73 Å². The van der Waals surface area contributed by atoms with Crippen LogP contribution in [0.3, 0.4) is 0 Å². The minimum absolute atomic E-state index is 0.110. The number of nitrogens with two attached hydrogens (primary N) is 1. The third-order valence-electron chi connectivity index (χ3n) is 2.66. The first-order valence-corrected chi connectivity index (χ1v) is 7.47. The summed E-state index contributed by atoms with van der Waals surface area (Å²) in [7, 11) is 0. The number of nitrogens with one attached hydrogen (secondary N) is 1. The van der Waals surface area contributed by atoms with E-state index in [1.165, 1.54) is 11.8 Å². The molecular formula is C13H13Cl2N3OS. The standard InChI is InChI=1S/C13H13Cl2N3OS/c1-6(2)8-5-11(17-18-13(8)19)20-12-9(14)3-7(16)4-10(12)15/h3-6H,16H2,1-2H3,(H,18,19). The molecule has 0 aliphatic carbocycles. The van der Waals surface area contributed by atoms with Crippen LogP contribution in [0.15, 0.2) is 32.9 Å². The van der Waals surface area contributed by atoms with Gasteiger partial charge >= 0.3 is 0 Å². The Morgan fingerprint density at radius 1 is 1.25 bits per heavy atom. The maximum Gasteiger partial charge on any atom is 0.267 e. The molecule has 0 amide bonds. The molecule has 7 heteroatoms. The molecule has 0 unspecified atom stereocenters. The third kappa shape index (κ3) is 3.29. The smallest absolute Gasteiger partial charge is 0.267 e. The topological polar surface area (TPSA) is 71.8 Å². The molecule has 4 nitrogen and oxygen atoms in total. The van der Waals surface area contributed by atoms with Gasteiger partial charge in [-0.2, -0.15) is 5.10 Å². The number of benzene rings is 1. The number of rotatable bonds is 3. The Morgan fingerprint density at radius 3 is 2.40 bits per heavy atom. The minimum atomic E-state index is -0.182. The number of halogens is 2. The van der Waals surface area contributed by atoms with Crippen LogP contribution in [-0.4, -0.2) is 10.2 Å². The molecule has 0 aliphatic rings. The molecule has 106 valence electrons. The molecule has 0 atom stereocenters. The van der Waals surface area contributed by atoms with Crippen molar-refractivity contribution in [1.82, 2.24) is 10.2 Å². The lowest BCUT2D eigenvalue weighted by molar-refractivity contribution is 0.791. The molecule has 0 saturated heterocycles. The van der Waals surface area contributed by atoms with Crippen LogP contribution in [0.2, 0.25) is 10.0 Å². The van der Waals surface area contributed by atoms with Gasteiger partial charge < -0.3 is 5.73 Å². The molecule has 2 aromatic rings. The van der Waals surface area contributed by atoms with Gasteiger partial charge in [0.25, 0.3) is 5.56 Å². The minimum Gasteiger partial charge on any atom is -0.399 e. The second-order valence-corrected chi connectivity index (χ2v) is 6.41. The summed E-state index contributed by atoms with van der Waals surface area (Å²) in [6.45, 7) is 3.89. The summed E-state index contributed by atoms with van der Waals surface area (Å²) in [6.07, 6.45) is 0. The van der Waals surface area contributed by atoms with Crippen molar-refractivity contribution >= 4 is 40.7 Å². The maximum atomic E-state index is 11.6. The molecule has 2 rings (SSSR count). The van der Waals surface area contributed by atoms with Crippen LogP contribution in [-0.2, 0) is 0 Å². The first-order chi connectivity index (χ1) is 9.38. The van der Waals surface area contributed by atoms with Gasteiger partial charge in [-0.1, -0.05) is 48.8 Å². The van der Waals surface area contributed by atoms with E-state index in [2.05, 4.69) is 10.2 Å². The van der Waals surface area contributed by atoms with Crippen molar-refractivity contribution < 1.29 is 0 Å². The Labute approximate surface area is 130 Å². The van der Waals surface area contributed by atoms with Crippen molar-refractivity contribution in [3.8, 4) is 0 Å². The number of nitrogen functional groups attached to an aromatic ring is 1. The van der Waals surface area contributed by atoms with Crippen molar-refractivity contribution in [3.63, 3.8) is 0 Å². The predicted molar refractivity (Wildman–Crippen MR) is 83.9 cm³/mol. The molecule has 1 heterocycles. The Bertz CT molecular complexity index is 677. The zero-order valence-electron chi connectivity index (χ0n) is 10.9. The summed E-state index contributed by atoms with van der Waals surface area (Å²) in [5.41, 5.74) is 6.66. The van der Waals surface area contributed by atoms with Gasteiger partial charge in [-0.25, -0.2) is 5.10 Å². The zero-order valence-corrected chi connectivity index (χ0v) is 13.2. The van der Waals surface area contributed by atoms with Gasteiger partial charge in [0.2, 0.25) is 0 Å². The van der Waals surface area contributed by atoms with Crippen molar-refractivity contribution in [3.05, 3.63) is 44.2 Å². The lowest BCUT2D eigenvalue weighted by atomic mass is 10.1. The highest BCUT2D eigenvalue weighted by Crippen LogP contribution is 2.39. The van der Waals surface area contributed by atoms with Crippen LogP contribution >= 0.6 is 35.0 Å². The van der Waals surface area contributed by atoms with Crippen molar-refractivity contribution in [1.29, 1.82) is 0 Å². The van der Waals surface area contributed by atoms with E-state index in [4.69, 9.17) is 28.9 Å². The Hall–Kier alpha value is -1.17. The molecule has 0 fully saturated rings. The number of hydrogen-bond donors (Lipinski definition) is 2. The van der Waals surface area contributed by atoms with Crippen molar-refractivity contribution in [2.45, 2.75) is 29.7 Å². The molecule has 0 saturated carbocycles. The average Bonchev–Trinajstić information content (AvgIpc) is 2.35. The Morgan fingerprint density at radius 2 is 1.85 bits per heavy atom. The number of aromatic nitrogens is 2. The lowest BCUT2D eigenvalue weighted by Gasteiger charge is -2.09. The number of hydrogen-bond acceptors (Lipinski definition) is 4. The Balaban J connectivity index is 2.41. The van der Waals surface area contributed by atoms with Crippen LogP contribution in [0.25, 0.3) is 0 Å². The van der Waals surface area contributed by atoms with Crippen molar-refractivity contribution in [2.24, 2.45) is 0 Å². The van der Waals surface area contributed by atoms with E-state index in [1.807, 2.05) is 13.8 Å². The average molecular weight is 330 g/mol. The molecule has 1 aromatic heterocycles. The van der Waals surface area contributed by atoms with E-state index >= 15 is 0 Å². The van der Waals surface area contributed by atoms with E-state index in [0.717, 1.165) is 0 Å². The lowest BCUT2D eigenvalue weighted by Crippen LogP contribution is -2.15. The molecule has 0 radical (unpaired) electrons. The molecule has 20 heavy (non-hydrogen) atoms. The Kier molecular flexibility index (Phi) is 4.62. The summed E-state index contributed by atoms with van der Waals surface area (Å²) in [6, 6.07) is 5.01. The van der Waals surface area contributed by atoms with Crippen LogP contribution in [0.4, 0.5) is 5.69 Å². The van der Waals surface area contributed by atoms with E-state index in [-0.39, 0.29) is 11.5 Å². The van der Waals surface area contributed by atoms with Crippen LogP contribution < -0.4 is 11.3 Å². The van der Waals surface area contributed by atoms with Gasteiger partial charge in [0, 0.05) is 11.3 Å². The van der Waals surface area contributed by atoms with E-state index in [1.54, 1.807) is 18.2 Å². The van der Waals surface area contributed by atoms with E-state index in [0.29, 0.717) is 31.2 Å². The van der Waals surface area contributed by atoms with Crippen LogP contribution in [0, 0.1) is 0 Å². The second kappa shape index (κ2) is 6.08. The quantitative estimate of drug-likeness (QED) is 0.837. The highest BCUT2D eigenvalue weighted by molar-refractivity contribution is 7.99. The summed E-state index contributed by atoms with van der Waals surface area (Å²) in [4.78, 5) is 12.3. The molecule has 1 aromatic carbocycles. The molecule has 0 bridgehead atoms. The number of H-pyrrole nitrogens is 1. The molecule has 0 spiro atoms. The number of aromatic amines is 1. The summed E-state index contributed by atoms with van der Waals surface area (Å²) in [5, 5.41) is 8.02. The highest BCUT2D eigenvalue weighted by atomic mass is 35.5. The number of nitrogens with zero attached hydrogens (tertiary/aromatic N) is 1. The number of anilines is 1. The second-order valence-electron chi connectivity index (χ2n) is 4.56. The largest absolute Gasteiger partial charge is 0.399 e. The van der Waals surface area contributed by atoms with Gasteiger partial charge in [-0.05, 0) is 24.1 Å². The maximum absolute atomic E-state index is 11.6.